The van der Waals surface area contributed by atoms with Crippen molar-refractivity contribution in [1.29, 1.82) is 0 Å². The lowest BCUT2D eigenvalue weighted by Gasteiger charge is -2.13. The van der Waals surface area contributed by atoms with Gasteiger partial charge in [0.25, 0.3) is 0 Å². The highest BCUT2D eigenvalue weighted by molar-refractivity contribution is 5.76. The van der Waals surface area contributed by atoms with Crippen LogP contribution >= 0.6 is 0 Å². The zero-order valence-electron chi connectivity index (χ0n) is 16.2. The molecular weight excluding hydrogens is 399 g/mol. The van der Waals surface area contributed by atoms with Gasteiger partial charge in [0.1, 0.15) is 12.4 Å². The maximum atomic E-state index is 12.9. The molecule has 3 aromatic rings. The largest absolute Gasteiger partial charge is 0.491 e. The Labute approximate surface area is 171 Å². The second kappa shape index (κ2) is 9.43. The van der Waals surface area contributed by atoms with Crippen molar-refractivity contribution in [2.75, 3.05) is 13.2 Å². The number of ether oxygens (including phenoxy) is 1. The zero-order chi connectivity index (χ0) is 21.6. The smallest absolute Gasteiger partial charge is 0.419 e. The van der Waals surface area contributed by atoms with E-state index >= 15 is 0 Å². The van der Waals surface area contributed by atoms with Crippen molar-refractivity contribution < 1.29 is 27.1 Å². The summed E-state index contributed by atoms with van der Waals surface area (Å²) >= 11 is 0. The minimum absolute atomic E-state index is 0.0729. The van der Waals surface area contributed by atoms with E-state index in [4.69, 9.17) is 9.15 Å². The molecule has 0 radical (unpaired) electrons. The van der Waals surface area contributed by atoms with Crippen molar-refractivity contribution in [2.24, 2.45) is 0 Å². The Hall–Kier alpha value is -3.36. The van der Waals surface area contributed by atoms with Gasteiger partial charge in [-0.25, -0.2) is 0 Å². The van der Waals surface area contributed by atoms with Gasteiger partial charge in [-0.05, 0) is 31.2 Å². The minimum Gasteiger partial charge on any atom is -0.491 e. The van der Waals surface area contributed by atoms with Gasteiger partial charge >= 0.3 is 6.18 Å². The summed E-state index contributed by atoms with van der Waals surface area (Å²) in [4.78, 5) is 11.9. The highest BCUT2D eigenvalue weighted by atomic mass is 19.4. The topological polar surface area (TPSA) is 77.2 Å². The van der Waals surface area contributed by atoms with Gasteiger partial charge in [0.05, 0.1) is 12.1 Å². The Balaban J connectivity index is 1.42. The molecule has 0 spiro atoms. The third-order valence-electron chi connectivity index (χ3n) is 4.21. The summed E-state index contributed by atoms with van der Waals surface area (Å²) < 4.78 is 49.4. The van der Waals surface area contributed by atoms with Crippen LogP contribution in [0, 0.1) is 6.92 Å². The van der Waals surface area contributed by atoms with Crippen molar-refractivity contribution in [3.8, 4) is 17.2 Å². The van der Waals surface area contributed by atoms with E-state index in [0.717, 1.165) is 17.2 Å². The number of carbonyl (C=O) groups excluding carboxylic acids is 1. The molecule has 3 rings (SSSR count). The van der Waals surface area contributed by atoms with Gasteiger partial charge in [0.15, 0.2) is 0 Å². The van der Waals surface area contributed by atoms with E-state index in [-0.39, 0.29) is 37.6 Å². The summed E-state index contributed by atoms with van der Waals surface area (Å²) in [5.74, 6) is 0.143. The molecule has 0 aliphatic heterocycles. The molecule has 9 heteroatoms. The molecule has 1 amide bonds. The van der Waals surface area contributed by atoms with E-state index in [0.29, 0.717) is 11.8 Å². The number of halogens is 3. The quantitative estimate of drug-likeness (QED) is 0.554. The molecule has 0 aliphatic carbocycles. The molecule has 6 nitrogen and oxygen atoms in total. The average molecular weight is 419 g/mol. The lowest BCUT2D eigenvalue weighted by atomic mass is 10.1. The Morgan fingerprint density at radius 2 is 1.83 bits per heavy atom. The number of nitrogens with one attached hydrogen (secondary N) is 1. The minimum atomic E-state index is -4.50. The lowest BCUT2D eigenvalue weighted by molar-refractivity contribution is -0.139. The molecule has 0 saturated heterocycles. The first-order valence-electron chi connectivity index (χ1n) is 9.28. The molecular formula is C21H20F3N3O3. The normalized spacial score (nSPS) is 11.3. The maximum Gasteiger partial charge on any atom is 0.419 e. The summed E-state index contributed by atoms with van der Waals surface area (Å²) in [6.45, 7) is 1.96. The van der Waals surface area contributed by atoms with Gasteiger partial charge in [0, 0.05) is 18.4 Å². The predicted octanol–water partition coefficient (Wildman–Crippen LogP) is 4.19. The summed E-state index contributed by atoms with van der Waals surface area (Å²) in [5.41, 5.74) is 1.05. The molecule has 1 heterocycles. The second-order valence-electron chi connectivity index (χ2n) is 6.56. The molecule has 2 aromatic carbocycles. The first-order valence-corrected chi connectivity index (χ1v) is 9.28. The van der Waals surface area contributed by atoms with Crippen molar-refractivity contribution >= 4 is 5.91 Å². The molecule has 30 heavy (non-hydrogen) atoms. The third-order valence-corrected chi connectivity index (χ3v) is 4.21. The molecule has 0 fully saturated rings. The van der Waals surface area contributed by atoms with Crippen LogP contribution in [-0.4, -0.2) is 29.3 Å². The number of amides is 1. The number of carbonyl (C=O) groups is 1. The Morgan fingerprint density at radius 1 is 1.10 bits per heavy atom. The fourth-order valence-corrected chi connectivity index (χ4v) is 2.65. The van der Waals surface area contributed by atoms with Gasteiger partial charge in [-0.15, -0.1) is 10.2 Å². The van der Waals surface area contributed by atoms with Crippen LogP contribution in [-0.2, 0) is 17.4 Å². The van der Waals surface area contributed by atoms with Crippen LogP contribution in [0.2, 0.25) is 0 Å². The SMILES string of the molecule is Cc1ccc(-c2nnc(CCC(=O)NCCOc3ccccc3C(F)(F)F)o2)cc1. The number of para-hydroxylation sites is 1. The molecule has 0 bridgehead atoms. The summed E-state index contributed by atoms with van der Waals surface area (Å²) in [5, 5.41) is 10.5. The first-order chi connectivity index (χ1) is 14.3. The molecule has 0 unspecified atom stereocenters. The standard InChI is InChI=1S/C21H20F3N3O3/c1-14-6-8-15(9-7-14)20-27-26-19(30-20)11-10-18(28)25-12-13-29-17-5-3-2-4-16(17)21(22,23)24/h2-9H,10-13H2,1H3,(H,25,28). The third kappa shape index (κ3) is 5.82. The highest BCUT2D eigenvalue weighted by Crippen LogP contribution is 2.35. The molecule has 158 valence electrons. The molecule has 1 aromatic heterocycles. The fourth-order valence-electron chi connectivity index (χ4n) is 2.65. The van der Waals surface area contributed by atoms with E-state index < -0.39 is 11.7 Å². The number of nitrogens with zero attached hydrogens (tertiary/aromatic N) is 2. The van der Waals surface area contributed by atoms with Crippen LogP contribution in [0.4, 0.5) is 13.2 Å². The number of aromatic nitrogens is 2. The van der Waals surface area contributed by atoms with Crippen LogP contribution in [0.1, 0.15) is 23.4 Å². The number of hydrogen-bond donors (Lipinski definition) is 1. The Bertz CT molecular complexity index is 985. The van der Waals surface area contributed by atoms with Gasteiger partial charge in [-0.2, -0.15) is 13.2 Å². The predicted molar refractivity (Wildman–Crippen MR) is 103 cm³/mol. The molecule has 0 aliphatic rings. The van der Waals surface area contributed by atoms with Crippen molar-refractivity contribution in [3.05, 3.63) is 65.5 Å². The first kappa shape index (κ1) is 21.4. The Morgan fingerprint density at radius 3 is 2.57 bits per heavy atom. The molecule has 0 atom stereocenters. The second-order valence-corrected chi connectivity index (χ2v) is 6.56. The van der Waals surface area contributed by atoms with Crippen LogP contribution in [0.3, 0.4) is 0 Å². The van der Waals surface area contributed by atoms with Gasteiger partial charge in [-0.1, -0.05) is 29.8 Å². The number of alkyl halides is 3. The van der Waals surface area contributed by atoms with Crippen LogP contribution < -0.4 is 10.1 Å². The van der Waals surface area contributed by atoms with Crippen molar-refractivity contribution in [2.45, 2.75) is 25.9 Å². The van der Waals surface area contributed by atoms with E-state index in [2.05, 4.69) is 15.5 Å². The molecule has 1 N–H and O–H groups in total. The van der Waals surface area contributed by atoms with Crippen LogP contribution in [0.5, 0.6) is 5.75 Å². The van der Waals surface area contributed by atoms with Gasteiger partial charge in [-0.3, -0.25) is 4.79 Å². The Kier molecular flexibility index (Phi) is 6.71. The fraction of sp³-hybridized carbons (Fsp3) is 0.286. The number of hydrogen-bond acceptors (Lipinski definition) is 5. The van der Waals surface area contributed by atoms with E-state index in [1.54, 1.807) is 0 Å². The number of aryl methyl sites for hydroxylation is 2. The highest BCUT2D eigenvalue weighted by Gasteiger charge is 2.33. The van der Waals surface area contributed by atoms with Crippen molar-refractivity contribution in [3.63, 3.8) is 0 Å². The lowest BCUT2D eigenvalue weighted by Crippen LogP contribution is -2.28. The van der Waals surface area contributed by atoms with Crippen molar-refractivity contribution in [1.82, 2.24) is 15.5 Å². The van der Waals surface area contributed by atoms with E-state index in [1.165, 1.54) is 18.2 Å². The van der Waals surface area contributed by atoms with Gasteiger partial charge in [0.2, 0.25) is 17.7 Å². The number of rotatable bonds is 8. The average Bonchev–Trinajstić information content (AvgIpc) is 3.19. The number of benzene rings is 2. The summed E-state index contributed by atoms with van der Waals surface area (Å²) in [7, 11) is 0. The summed E-state index contributed by atoms with van der Waals surface area (Å²) in [6.07, 6.45) is -4.14. The zero-order valence-corrected chi connectivity index (χ0v) is 16.2. The molecule has 0 saturated carbocycles. The van der Waals surface area contributed by atoms with Crippen LogP contribution in [0.15, 0.2) is 52.9 Å². The van der Waals surface area contributed by atoms with Gasteiger partial charge < -0.3 is 14.5 Å². The maximum absolute atomic E-state index is 12.9. The monoisotopic (exact) mass is 419 g/mol. The van der Waals surface area contributed by atoms with E-state index in [1.807, 2.05) is 31.2 Å². The summed E-state index contributed by atoms with van der Waals surface area (Å²) in [6, 6.07) is 12.5. The van der Waals surface area contributed by atoms with E-state index in [9.17, 15) is 18.0 Å². The van der Waals surface area contributed by atoms with Crippen LogP contribution in [0.25, 0.3) is 11.5 Å².